The molecule has 0 aliphatic heterocycles. The molecular weight excluding hydrogens is 301 g/mol. The molecule has 5 nitrogen and oxygen atoms in total. The minimum absolute atomic E-state index is 0.165. The molecule has 0 radical (unpaired) electrons. The summed E-state index contributed by atoms with van der Waals surface area (Å²) in [6.45, 7) is 0. The molecule has 0 saturated heterocycles. The highest BCUT2D eigenvalue weighted by Crippen LogP contribution is 2.33. The lowest BCUT2D eigenvalue weighted by molar-refractivity contribution is -0.385. The van der Waals surface area contributed by atoms with E-state index in [1.165, 1.54) is 19.2 Å². The number of nitro benzene ring substituents is 1. The van der Waals surface area contributed by atoms with Gasteiger partial charge < -0.3 is 4.74 Å². The molecule has 86 valence electrons. The summed E-state index contributed by atoms with van der Waals surface area (Å²) in [5, 5.41) is 11.1. The lowest BCUT2D eigenvalue weighted by Crippen LogP contribution is -2.07. The molecule has 0 spiro atoms. The number of esters is 1. The predicted octanol–water partition coefficient (Wildman–Crippen LogP) is 2.73. The Morgan fingerprint density at radius 2 is 2.25 bits per heavy atom. The van der Waals surface area contributed by atoms with E-state index in [0.29, 0.717) is 9.50 Å². The molecule has 7 heteroatoms. The van der Waals surface area contributed by atoms with Gasteiger partial charge >= 0.3 is 5.97 Å². The van der Waals surface area contributed by atoms with Gasteiger partial charge in [0, 0.05) is 10.5 Å². The third kappa shape index (κ3) is 2.70. The van der Waals surface area contributed by atoms with Gasteiger partial charge in [0.1, 0.15) is 0 Å². The zero-order valence-electron chi connectivity index (χ0n) is 8.20. The van der Waals surface area contributed by atoms with Crippen molar-refractivity contribution in [1.82, 2.24) is 0 Å². The Morgan fingerprint density at radius 1 is 1.62 bits per heavy atom. The van der Waals surface area contributed by atoms with Crippen LogP contribution in [0.25, 0.3) is 0 Å². The van der Waals surface area contributed by atoms with Crippen LogP contribution in [0, 0.1) is 10.1 Å². The van der Waals surface area contributed by atoms with Crippen LogP contribution in [-0.2, 0) is 16.0 Å². The lowest BCUT2D eigenvalue weighted by atomic mass is 10.1. The number of methoxy groups -OCH3 is 1. The molecule has 0 N–H and O–H groups in total. The highest BCUT2D eigenvalue weighted by molar-refractivity contribution is 9.10. The first-order valence-corrected chi connectivity index (χ1v) is 5.32. The lowest BCUT2D eigenvalue weighted by Gasteiger charge is -2.05. The van der Waals surface area contributed by atoms with E-state index in [1.54, 1.807) is 0 Å². The monoisotopic (exact) mass is 307 g/mol. The highest BCUT2D eigenvalue weighted by Gasteiger charge is 2.21. The molecule has 0 aliphatic rings. The van der Waals surface area contributed by atoms with E-state index in [9.17, 15) is 14.9 Å². The van der Waals surface area contributed by atoms with Gasteiger partial charge in [-0.05, 0) is 22.0 Å². The molecule has 0 aromatic heterocycles. The molecule has 1 aromatic rings. The molecular formula is C9H7BrClNO4. The summed E-state index contributed by atoms with van der Waals surface area (Å²) < 4.78 is 4.80. The molecule has 0 unspecified atom stereocenters. The Hall–Kier alpha value is -1.14. The summed E-state index contributed by atoms with van der Waals surface area (Å²) in [5.41, 5.74) is 0.0472. The van der Waals surface area contributed by atoms with E-state index in [1.807, 2.05) is 0 Å². The van der Waals surface area contributed by atoms with Crippen LogP contribution in [0.15, 0.2) is 16.6 Å². The van der Waals surface area contributed by atoms with Gasteiger partial charge in [-0.25, -0.2) is 0 Å². The number of nitro groups is 1. The van der Waals surface area contributed by atoms with Gasteiger partial charge in [0.2, 0.25) is 0 Å². The van der Waals surface area contributed by atoms with Crippen LogP contribution in [0.2, 0.25) is 5.02 Å². The molecule has 0 bridgehead atoms. The van der Waals surface area contributed by atoms with Crippen LogP contribution in [-0.4, -0.2) is 18.0 Å². The molecule has 16 heavy (non-hydrogen) atoms. The normalized spacial score (nSPS) is 9.94. The summed E-state index contributed by atoms with van der Waals surface area (Å²) in [7, 11) is 1.21. The summed E-state index contributed by atoms with van der Waals surface area (Å²) >= 11 is 8.91. The van der Waals surface area contributed by atoms with Gasteiger partial charge in [0.25, 0.3) is 5.69 Å². The topological polar surface area (TPSA) is 69.4 Å². The molecule has 0 heterocycles. The smallest absolute Gasteiger partial charge is 0.310 e. The standard InChI is InChI=1S/C9H7BrClNO4/c1-16-8(13)4-5-7(12(14)15)3-2-6(11)9(5)10/h2-3H,4H2,1H3. The van der Waals surface area contributed by atoms with Crippen LogP contribution in [0.5, 0.6) is 0 Å². The van der Waals surface area contributed by atoms with Gasteiger partial charge in [-0.15, -0.1) is 0 Å². The second kappa shape index (κ2) is 5.27. The number of ether oxygens (including phenoxy) is 1. The van der Waals surface area contributed by atoms with Crippen molar-refractivity contribution in [2.24, 2.45) is 0 Å². The van der Waals surface area contributed by atoms with Crippen LogP contribution in [0.3, 0.4) is 0 Å². The van der Waals surface area contributed by atoms with Crippen LogP contribution >= 0.6 is 27.5 Å². The second-order valence-electron chi connectivity index (χ2n) is 2.87. The molecule has 1 rings (SSSR count). The summed E-state index contributed by atoms with van der Waals surface area (Å²) in [6, 6.07) is 2.65. The maximum Gasteiger partial charge on any atom is 0.310 e. The average Bonchev–Trinajstić information content (AvgIpc) is 2.24. The van der Waals surface area contributed by atoms with Crippen LogP contribution < -0.4 is 0 Å². The number of hydrogen-bond donors (Lipinski definition) is 0. The van der Waals surface area contributed by atoms with Crippen molar-refractivity contribution < 1.29 is 14.5 Å². The minimum Gasteiger partial charge on any atom is -0.469 e. The van der Waals surface area contributed by atoms with Crippen LogP contribution in [0.1, 0.15) is 5.56 Å². The number of rotatable bonds is 3. The van der Waals surface area contributed by atoms with Crippen molar-refractivity contribution in [2.45, 2.75) is 6.42 Å². The third-order valence-corrected chi connectivity index (χ3v) is 3.37. The van der Waals surface area contributed by atoms with Crippen molar-refractivity contribution >= 4 is 39.2 Å². The fourth-order valence-corrected chi connectivity index (χ4v) is 1.79. The molecule has 0 saturated carbocycles. The summed E-state index contributed by atoms with van der Waals surface area (Å²) in [4.78, 5) is 21.3. The molecule has 0 atom stereocenters. The minimum atomic E-state index is -0.570. The van der Waals surface area contributed by atoms with E-state index in [0.717, 1.165) is 0 Å². The van der Waals surface area contributed by atoms with Crippen molar-refractivity contribution in [3.05, 3.63) is 37.3 Å². The van der Waals surface area contributed by atoms with E-state index < -0.39 is 10.9 Å². The molecule has 1 aromatic carbocycles. The fourth-order valence-electron chi connectivity index (χ4n) is 1.14. The first-order chi connectivity index (χ1) is 7.47. The fraction of sp³-hybridized carbons (Fsp3) is 0.222. The Labute approximate surface area is 105 Å². The van der Waals surface area contributed by atoms with Crippen molar-refractivity contribution in [1.29, 1.82) is 0 Å². The first-order valence-electron chi connectivity index (χ1n) is 4.15. The van der Waals surface area contributed by atoms with Crippen molar-refractivity contribution in [2.75, 3.05) is 7.11 Å². The predicted molar refractivity (Wildman–Crippen MR) is 61.5 cm³/mol. The summed E-state index contributed by atoms with van der Waals surface area (Å²) in [6.07, 6.45) is -0.200. The molecule has 0 fully saturated rings. The SMILES string of the molecule is COC(=O)Cc1c([N+](=O)[O-])ccc(Cl)c1Br. The van der Waals surface area contributed by atoms with E-state index in [-0.39, 0.29) is 17.7 Å². The molecule has 0 aliphatic carbocycles. The van der Waals surface area contributed by atoms with E-state index >= 15 is 0 Å². The van der Waals surface area contributed by atoms with Crippen molar-refractivity contribution in [3.8, 4) is 0 Å². The van der Waals surface area contributed by atoms with Gasteiger partial charge in [0.05, 0.1) is 29.0 Å². The zero-order chi connectivity index (χ0) is 12.3. The highest BCUT2D eigenvalue weighted by atomic mass is 79.9. The second-order valence-corrected chi connectivity index (χ2v) is 4.07. The Bertz CT molecular complexity index is 449. The zero-order valence-corrected chi connectivity index (χ0v) is 10.5. The van der Waals surface area contributed by atoms with Crippen LogP contribution in [0.4, 0.5) is 5.69 Å². The van der Waals surface area contributed by atoms with Gasteiger partial charge in [-0.3, -0.25) is 14.9 Å². The number of nitrogens with zero attached hydrogens (tertiary/aromatic N) is 1. The Balaban J connectivity index is 3.26. The largest absolute Gasteiger partial charge is 0.469 e. The number of carbonyl (C=O) groups is 1. The average molecular weight is 309 g/mol. The summed E-state index contributed by atoms with van der Waals surface area (Å²) in [5.74, 6) is -0.564. The number of hydrogen-bond acceptors (Lipinski definition) is 4. The van der Waals surface area contributed by atoms with E-state index in [2.05, 4.69) is 20.7 Å². The number of halogens is 2. The van der Waals surface area contributed by atoms with Gasteiger partial charge in [0.15, 0.2) is 0 Å². The quantitative estimate of drug-likeness (QED) is 0.489. The Morgan fingerprint density at radius 3 is 2.75 bits per heavy atom. The molecule has 0 amide bonds. The maximum atomic E-state index is 11.1. The third-order valence-electron chi connectivity index (χ3n) is 1.92. The Kier molecular flexibility index (Phi) is 4.26. The van der Waals surface area contributed by atoms with Gasteiger partial charge in [-0.2, -0.15) is 0 Å². The van der Waals surface area contributed by atoms with Crippen molar-refractivity contribution in [3.63, 3.8) is 0 Å². The van der Waals surface area contributed by atoms with E-state index in [4.69, 9.17) is 11.6 Å². The first kappa shape index (κ1) is 12.9. The number of carbonyl (C=O) groups excluding carboxylic acids is 1. The maximum absolute atomic E-state index is 11.1. The number of benzene rings is 1. The van der Waals surface area contributed by atoms with Gasteiger partial charge in [-0.1, -0.05) is 11.6 Å².